The first-order valence-electron chi connectivity index (χ1n) is 5.91. The molecule has 0 aliphatic carbocycles. The molecule has 0 aliphatic heterocycles. The lowest BCUT2D eigenvalue weighted by molar-refractivity contribution is 0.148. The molecule has 0 amide bonds. The summed E-state index contributed by atoms with van der Waals surface area (Å²) in [5, 5.41) is 12.5. The van der Waals surface area contributed by atoms with Crippen LogP contribution in [0.25, 0.3) is 0 Å². The lowest BCUT2D eigenvalue weighted by Gasteiger charge is -2.21. The standard InChI is InChI=1S/C14H16INO2S/c1-18-11-4-2-3-9(5-11)12(7-16)14(17)10-6-13(15)19-8-10/h2-6,8,12,14,17H,7,16H2,1H3. The second kappa shape index (κ2) is 6.69. The minimum atomic E-state index is -0.586. The molecule has 2 rings (SSSR count). The molecule has 0 bridgehead atoms. The zero-order valence-electron chi connectivity index (χ0n) is 10.5. The number of rotatable bonds is 5. The van der Waals surface area contributed by atoms with Crippen LogP contribution < -0.4 is 10.5 Å². The molecule has 2 aromatic rings. The van der Waals surface area contributed by atoms with Crippen LogP contribution in [0.5, 0.6) is 5.75 Å². The Morgan fingerprint density at radius 2 is 2.16 bits per heavy atom. The highest BCUT2D eigenvalue weighted by molar-refractivity contribution is 14.1. The Bertz CT molecular complexity index is 544. The van der Waals surface area contributed by atoms with Crippen molar-refractivity contribution in [2.75, 3.05) is 13.7 Å². The van der Waals surface area contributed by atoms with E-state index in [1.54, 1.807) is 18.4 Å². The largest absolute Gasteiger partial charge is 0.497 e. The predicted octanol–water partition coefficient (Wildman–Crippen LogP) is 3.14. The summed E-state index contributed by atoms with van der Waals surface area (Å²) in [7, 11) is 1.63. The van der Waals surface area contributed by atoms with Crippen molar-refractivity contribution in [3.63, 3.8) is 0 Å². The van der Waals surface area contributed by atoms with E-state index >= 15 is 0 Å². The van der Waals surface area contributed by atoms with Crippen molar-refractivity contribution in [3.8, 4) is 5.75 Å². The topological polar surface area (TPSA) is 55.5 Å². The molecule has 3 N–H and O–H groups in total. The Morgan fingerprint density at radius 3 is 2.74 bits per heavy atom. The molecule has 5 heteroatoms. The predicted molar refractivity (Wildman–Crippen MR) is 86.8 cm³/mol. The average molecular weight is 389 g/mol. The SMILES string of the molecule is COc1cccc(C(CN)C(O)c2csc(I)c2)c1. The van der Waals surface area contributed by atoms with Gasteiger partial charge in [-0.1, -0.05) is 12.1 Å². The van der Waals surface area contributed by atoms with Crippen molar-refractivity contribution in [1.29, 1.82) is 0 Å². The van der Waals surface area contributed by atoms with Gasteiger partial charge in [0.25, 0.3) is 0 Å². The fraction of sp³-hybridized carbons (Fsp3) is 0.286. The van der Waals surface area contributed by atoms with Gasteiger partial charge in [-0.05, 0) is 57.3 Å². The third-order valence-corrected chi connectivity index (χ3v) is 4.89. The van der Waals surface area contributed by atoms with Crippen molar-refractivity contribution in [2.45, 2.75) is 12.0 Å². The van der Waals surface area contributed by atoms with Crippen molar-refractivity contribution >= 4 is 33.9 Å². The Kier molecular flexibility index (Phi) is 5.20. The molecule has 0 saturated carbocycles. The molecule has 0 spiro atoms. The first-order valence-corrected chi connectivity index (χ1v) is 7.87. The number of hydrogen-bond acceptors (Lipinski definition) is 4. The van der Waals surface area contributed by atoms with Crippen molar-refractivity contribution in [1.82, 2.24) is 0 Å². The quantitative estimate of drug-likeness (QED) is 0.773. The monoisotopic (exact) mass is 389 g/mol. The van der Waals surface area contributed by atoms with Crippen LogP contribution in [0.4, 0.5) is 0 Å². The van der Waals surface area contributed by atoms with Gasteiger partial charge in [0.15, 0.2) is 0 Å². The number of methoxy groups -OCH3 is 1. The van der Waals surface area contributed by atoms with E-state index in [9.17, 15) is 5.11 Å². The number of benzene rings is 1. The van der Waals surface area contributed by atoms with E-state index in [0.717, 1.165) is 19.8 Å². The first kappa shape index (κ1) is 14.8. The highest BCUT2D eigenvalue weighted by Crippen LogP contribution is 2.34. The summed E-state index contributed by atoms with van der Waals surface area (Å²) in [4.78, 5) is 0. The van der Waals surface area contributed by atoms with Gasteiger partial charge >= 0.3 is 0 Å². The van der Waals surface area contributed by atoms with E-state index in [2.05, 4.69) is 22.6 Å². The molecule has 3 nitrogen and oxygen atoms in total. The van der Waals surface area contributed by atoms with Crippen LogP contribution >= 0.6 is 33.9 Å². The summed E-state index contributed by atoms with van der Waals surface area (Å²) in [5.74, 6) is 0.656. The molecule has 1 heterocycles. The van der Waals surface area contributed by atoms with Crippen LogP contribution in [0.1, 0.15) is 23.1 Å². The van der Waals surface area contributed by atoms with E-state index in [-0.39, 0.29) is 5.92 Å². The molecule has 0 saturated heterocycles. The van der Waals surface area contributed by atoms with Gasteiger partial charge in [-0.15, -0.1) is 11.3 Å². The highest BCUT2D eigenvalue weighted by Gasteiger charge is 2.22. The molecular weight excluding hydrogens is 373 g/mol. The molecule has 19 heavy (non-hydrogen) atoms. The fourth-order valence-corrected chi connectivity index (χ4v) is 3.43. The summed E-state index contributed by atoms with van der Waals surface area (Å²) in [6.07, 6.45) is -0.586. The van der Waals surface area contributed by atoms with Crippen LogP contribution in [0.15, 0.2) is 35.7 Å². The average Bonchev–Trinajstić information content (AvgIpc) is 2.86. The normalized spacial score (nSPS) is 14.1. The molecule has 0 fully saturated rings. The fourth-order valence-electron chi connectivity index (χ4n) is 2.03. The summed E-state index contributed by atoms with van der Waals surface area (Å²) in [6, 6.07) is 9.70. The number of hydrogen-bond donors (Lipinski definition) is 2. The Balaban J connectivity index is 2.28. The number of halogens is 1. The third-order valence-electron chi connectivity index (χ3n) is 3.09. The maximum absolute atomic E-state index is 10.5. The van der Waals surface area contributed by atoms with Crippen molar-refractivity contribution < 1.29 is 9.84 Å². The van der Waals surface area contributed by atoms with Crippen LogP contribution in [-0.2, 0) is 0 Å². The van der Waals surface area contributed by atoms with Crippen molar-refractivity contribution in [3.05, 3.63) is 49.7 Å². The van der Waals surface area contributed by atoms with E-state index in [0.29, 0.717) is 6.54 Å². The molecule has 2 unspecified atom stereocenters. The minimum Gasteiger partial charge on any atom is -0.497 e. The van der Waals surface area contributed by atoms with E-state index in [1.165, 1.54) is 0 Å². The zero-order valence-corrected chi connectivity index (χ0v) is 13.5. The van der Waals surface area contributed by atoms with Gasteiger partial charge in [0, 0.05) is 12.5 Å². The van der Waals surface area contributed by atoms with Gasteiger partial charge in [0.2, 0.25) is 0 Å². The van der Waals surface area contributed by atoms with Crippen LogP contribution in [0.3, 0.4) is 0 Å². The van der Waals surface area contributed by atoms with Gasteiger partial charge < -0.3 is 15.6 Å². The van der Waals surface area contributed by atoms with Gasteiger partial charge in [0.1, 0.15) is 5.75 Å². The van der Waals surface area contributed by atoms with E-state index < -0.39 is 6.10 Å². The number of ether oxygens (including phenoxy) is 1. The van der Waals surface area contributed by atoms with Gasteiger partial charge in [-0.2, -0.15) is 0 Å². The maximum Gasteiger partial charge on any atom is 0.119 e. The smallest absolute Gasteiger partial charge is 0.119 e. The lowest BCUT2D eigenvalue weighted by Crippen LogP contribution is -2.19. The summed E-state index contributed by atoms with van der Waals surface area (Å²) >= 11 is 3.88. The second-order valence-electron chi connectivity index (χ2n) is 4.25. The van der Waals surface area contributed by atoms with Crippen LogP contribution in [0.2, 0.25) is 0 Å². The van der Waals surface area contributed by atoms with Gasteiger partial charge in [-0.25, -0.2) is 0 Å². The summed E-state index contributed by atoms with van der Waals surface area (Å²) in [6.45, 7) is 0.390. The number of aliphatic hydroxyl groups excluding tert-OH is 1. The van der Waals surface area contributed by atoms with Gasteiger partial charge in [0.05, 0.1) is 16.1 Å². The Labute approximate surface area is 130 Å². The molecule has 0 aliphatic rings. The summed E-state index contributed by atoms with van der Waals surface area (Å²) in [5.41, 5.74) is 7.76. The Morgan fingerprint density at radius 1 is 1.37 bits per heavy atom. The van der Waals surface area contributed by atoms with Crippen LogP contribution in [0, 0.1) is 2.88 Å². The lowest BCUT2D eigenvalue weighted by atomic mass is 9.90. The molecule has 1 aromatic heterocycles. The van der Waals surface area contributed by atoms with Crippen molar-refractivity contribution in [2.24, 2.45) is 5.73 Å². The molecular formula is C14H16INO2S. The first-order chi connectivity index (χ1) is 9.15. The number of thiophene rings is 1. The minimum absolute atomic E-state index is 0.125. The Hall–Kier alpha value is -0.630. The zero-order chi connectivity index (χ0) is 13.8. The van der Waals surface area contributed by atoms with Crippen LogP contribution in [-0.4, -0.2) is 18.8 Å². The third kappa shape index (κ3) is 3.47. The van der Waals surface area contributed by atoms with E-state index in [4.69, 9.17) is 10.5 Å². The molecule has 2 atom stereocenters. The molecule has 0 radical (unpaired) electrons. The number of aliphatic hydroxyl groups is 1. The summed E-state index contributed by atoms with van der Waals surface area (Å²) < 4.78 is 6.38. The van der Waals surface area contributed by atoms with Gasteiger partial charge in [-0.3, -0.25) is 0 Å². The van der Waals surface area contributed by atoms with E-state index in [1.807, 2.05) is 35.7 Å². The second-order valence-corrected chi connectivity index (χ2v) is 7.05. The molecule has 1 aromatic carbocycles. The highest BCUT2D eigenvalue weighted by atomic mass is 127. The molecule has 102 valence electrons. The number of nitrogens with two attached hydrogens (primary N) is 1. The maximum atomic E-state index is 10.5.